The van der Waals surface area contributed by atoms with Crippen molar-refractivity contribution in [1.82, 2.24) is 19.6 Å². The number of aryl methyl sites for hydroxylation is 1. The number of halogens is 1. The Morgan fingerprint density at radius 2 is 2.00 bits per heavy atom. The average molecular weight is 313 g/mol. The summed E-state index contributed by atoms with van der Waals surface area (Å²) < 4.78 is 2.73. The molecule has 0 amide bonds. The predicted molar refractivity (Wildman–Crippen MR) is 78.2 cm³/mol. The average Bonchev–Trinajstić information content (AvgIpc) is 2.81. The highest BCUT2D eigenvalue weighted by Crippen LogP contribution is 2.28. The van der Waals surface area contributed by atoms with Crippen LogP contribution < -0.4 is 0 Å². The topological polar surface area (TPSA) is 43.1 Å². The van der Waals surface area contributed by atoms with Gasteiger partial charge in [-0.2, -0.15) is 5.10 Å². The number of rotatable bonds is 0. The van der Waals surface area contributed by atoms with Gasteiger partial charge >= 0.3 is 0 Å². The molecule has 4 aromatic heterocycles. The van der Waals surface area contributed by atoms with Gasteiger partial charge in [-0.1, -0.05) is 0 Å². The molecular weight excluding hydrogens is 304 g/mol. The Balaban J connectivity index is 2.42. The lowest BCUT2D eigenvalue weighted by atomic mass is 10.2. The maximum Gasteiger partial charge on any atom is 0.106 e. The molecule has 0 N–H and O–H groups in total. The Morgan fingerprint density at radius 3 is 2.89 bits per heavy atom. The van der Waals surface area contributed by atoms with Gasteiger partial charge in [-0.05, 0) is 53.2 Å². The molecule has 0 bridgehead atoms. The summed E-state index contributed by atoms with van der Waals surface area (Å²) in [6.07, 6.45) is 1.80. The van der Waals surface area contributed by atoms with Crippen LogP contribution >= 0.6 is 15.9 Å². The third kappa shape index (κ3) is 1.48. The van der Waals surface area contributed by atoms with Crippen molar-refractivity contribution in [2.24, 2.45) is 0 Å². The molecule has 0 saturated carbocycles. The number of fused-ring (bicyclic) bond motifs is 6. The van der Waals surface area contributed by atoms with Gasteiger partial charge in [-0.3, -0.25) is 4.98 Å². The molecule has 0 aromatic carbocycles. The number of hydrogen-bond acceptors (Lipinski definition) is 3. The third-order valence-corrected chi connectivity index (χ3v) is 3.65. The Labute approximate surface area is 117 Å². The van der Waals surface area contributed by atoms with Gasteiger partial charge in [0.15, 0.2) is 0 Å². The standard InChI is InChI=1S/C14H9BrN4/c1-8-7-11-14-9(4-5-12(15)17-14)13-10(19(11)18-8)3-2-6-16-13/h2-7H,1H3. The van der Waals surface area contributed by atoms with E-state index in [1.807, 2.05) is 41.8 Å². The summed E-state index contributed by atoms with van der Waals surface area (Å²) in [5.74, 6) is 0. The minimum absolute atomic E-state index is 0.816. The van der Waals surface area contributed by atoms with Gasteiger partial charge in [0.1, 0.15) is 4.60 Å². The van der Waals surface area contributed by atoms with Gasteiger partial charge in [0.25, 0.3) is 0 Å². The van der Waals surface area contributed by atoms with Gasteiger partial charge < -0.3 is 0 Å². The lowest BCUT2D eigenvalue weighted by Crippen LogP contribution is -1.95. The third-order valence-electron chi connectivity index (χ3n) is 3.21. The highest BCUT2D eigenvalue weighted by molar-refractivity contribution is 9.10. The van der Waals surface area contributed by atoms with Crippen LogP contribution in [0.2, 0.25) is 0 Å². The number of hydrogen-bond donors (Lipinski definition) is 0. The van der Waals surface area contributed by atoms with Crippen LogP contribution in [0.25, 0.3) is 27.5 Å². The van der Waals surface area contributed by atoms with Crippen LogP contribution in [0.3, 0.4) is 0 Å². The summed E-state index contributed by atoms with van der Waals surface area (Å²) in [4.78, 5) is 9.07. The van der Waals surface area contributed by atoms with Crippen LogP contribution in [-0.2, 0) is 0 Å². The van der Waals surface area contributed by atoms with Crippen molar-refractivity contribution in [2.75, 3.05) is 0 Å². The molecule has 0 aliphatic heterocycles. The molecule has 0 unspecified atom stereocenters. The van der Waals surface area contributed by atoms with E-state index in [-0.39, 0.29) is 0 Å². The fourth-order valence-electron chi connectivity index (χ4n) is 2.45. The summed E-state index contributed by atoms with van der Waals surface area (Å²) in [6.45, 7) is 1.99. The van der Waals surface area contributed by atoms with Gasteiger partial charge in [-0.15, -0.1) is 0 Å². The first kappa shape index (κ1) is 10.9. The Hall–Kier alpha value is -2.01. The van der Waals surface area contributed by atoms with E-state index in [0.717, 1.165) is 37.8 Å². The van der Waals surface area contributed by atoms with Gasteiger partial charge in [-0.25, -0.2) is 9.50 Å². The number of aromatic nitrogens is 4. The Bertz CT molecular complexity index is 942. The van der Waals surface area contributed by atoms with Crippen LogP contribution in [0.1, 0.15) is 5.69 Å². The zero-order valence-electron chi connectivity index (χ0n) is 10.1. The number of nitrogens with zero attached hydrogens (tertiary/aromatic N) is 4. The largest absolute Gasteiger partial charge is 0.254 e. The summed E-state index contributed by atoms with van der Waals surface area (Å²) in [5.41, 5.74) is 4.82. The SMILES string of the molecule is Cc1cc2c3nc(Br)ccc3c3ncccc3n2n1. The maximum absolute atomic E-state index is 4.58. The first-order valence-electron chi connectivity index (χ1n) is 5.93. The molecule has 0 spiro atoms. The van der Waals surface area contributed by atoms with Gasteiger partial charge in [0, 0.05) is 11.6 Å². The zero-order chi connectivity index (χ0) is 13.0. The van der Waals surface area contributed by atoms with Crippen LogP contribution in [0.15, 0.2) is 41.1 Å². The lowest BCUT2D eigenvalue weighted by molar-refractivity contribution is 0.971. The second-order valence-electron chi connectivity index (χ2n) is 4.48. The summed E-state index contributed by atoms with van der Waals surface area (Å²) in [5, 5.41) is 5.59. The lowest BCUT2D eigenvalue weighted by Gasteiger charge is -2.06. The zero-order valence-corrected chi connectivity index (χ0v) is 11.7. The smallest absolute Gasteiger partial charge is 0.106 e. The fourth-order valence-corrected chi connectivity index (χ4v) is 2.76. The molecule has 0 atom stereocenters. The normalized spacial score (nSPS) is 11.7. The second kappa shape index (κ2) is 3.74. The summed E-state index contributed by atoms with van der Waals surface area (Å²) in [6, 6.07) is 9.99. The van der Waals surface area contributed by atoms with E-state index in [0.29, 0.717) is 0 Å². The van der Waals surface area contributed by atoms with Crippen molar-refractivity contribution >= 4 is 43.4 Å². The van der Waals surface area contributed by atoms with Crippen molar-refractivity contribution in [2.45, 2.75) is 6.92 Å². The minimum atomic E-state index is 0.816. The molecule has 5 heteroatoms. The second-order valence-corrected chi connectivity index (χ2v) is 5.30. The van der Waals surface area contributed by atoms with Crippen LogP contribution in [0.4, 0.5) is 0 Å². The van der Waals surface area contributed by atoms with E-state index in [9.17, 15) is 0 Å². The molecule has 19 heavy (non-hydrogen) atoms. The van der Waals surface area contributed by atoms with E-state index in [1.54, 1.807) is 6.20 Å². The Kier molecular flexibility index (Phi) is 2.14. The molecule has 0 fully saturated rings. The van der Waals surface area contributed by atoms with Crippen molar-refractivity contribution in [3.05, 3.63) is 46.8 Å². The quantitative estimate of drug-likeness (QED) is 0.369. The highest BCUT2D eigenvalue weighted by atomic mass is 79.9. The van der Waals surface area contributed by atoms with Crippen molar-refractivity contribution in [3.8, 4) is 0 Å². The predicted octanol–water partition coefficient (Wildman–Crippen LogP) is 3.50. The van der Waals surface area contributed by atoms with Crippen LogP contribution in [-0.4, -0.2) is 19.6 Å². The van der Waals surface area contributed by atoms with Crippen molar-refractivity contribution < 1.29 is 0 Å². The van der Waals surface area contributed by atoms with Crippen LogP contribution in [0.5, 0.6) is 0 Å². The molecule has 0 radical (unpaired) electrons. The fraction of sp³-hybridized carbons (Fsp3) is 0.0714. The van der Waals surface area contributed by atoms with E-state index in [2.05, 4.69) is 31.0 Å². The molecule has 4 rings (SSSR count). The molecule has 0 aliphatic rings. The first-order chi connectivity index (χ1) is 9.24. The first-order valence-corrected chi connectivity index (χ1v) is 6.73. The molecular formula is C14H9BrN4. The maximum atomic E-state index is 4.58. The van der Waals surface area contributed by atoms with E-state index in [1.165, 1.54) is 0 Å². The summed E-state index contributed by atoms with van der Waals surface area (Å²) in [7, 11) is 0. The monoisotopic (exact) mass is 312 g/mol. The molecule has 0 saturated heterocycles. The minimum Gasteiger partial charge on any atom is -0.254 e. The highest BCUT2D eigenvalue weighted by Gasteiger charge is 2.12. The molecule has 4 heterocycles. The van der Waals surface area contributed by atoms with Gasteiger partial charge in [0.2, 0.25) is 0 Å². The van der Waals surface area contributed by atoms with Gasteiger partial charge in [0.05, 0.1) is 27.8 Å². The molecule has 4 aromatic rings. The van der Waals surface area contributed by atoms with Crippen molar-refractivity contribution in [3.63, 3.8) is 0 Å². The van der Waals surface area contributed by atoms with E-state index >= 15 is 0 Å². The van der Waals surface area contributed by atoms with Crippen molar-refractivity contribution in [1.29, 1.82) is 0 Å². The van der Waals surface area contributed by atoms with E-state index in [4.69, 9.17) is 0 Å². The molecule has 0 aliphatic carbocycles. The molecule has 4 nitrogen and oxygen atoms in total. The van der Waals surface area contributed by atoms with E-state index < -0.39 is 0 Å². The molecule has 92 valence electrons. The Morgan fingerprint density at radius 1 is 1.11 bits per heavy atom. The summed E-state index contributed by atoms with van der Waals surface area (Å²) >= 11 is 3.43. The number of pyridine rings is 3. The van der Waals surface area contributed by atoms with Crippen LogP contribution in [0, 0.1) is 6.92 Å².